The molecule has 21 heavy (non-hydrogen) atoms. The molecule has 0 saturated carbocycles. The second-order valence-electron chi connectivity index (χ2n) is 4.51. The quantitative estimate of drug-likeness (QED) is 0.757. The molecule has 1 aliphatic rings. The average molecular weight is 325 g/mol. The molecule has 1 fully saturated rings. The Hall–Kier alpha value is -1.18. The lowest BCUT2D eigenvalue weighted by molar-refractivity contribution is -0.115. The summed E-state index contributed by atoms with van der Waals surface area (Å²) in [5, 5.41) is 5.54. The molecule has 0 radical (unpaired) electrons. The largest absolute Gasteiger partial charge is 0.351 e. The molecule has 2 rings (SSSR count). The van der Waals surface area contributed by atoms with Crippen LogP contribution >= 0.6 is 23.5 Å². The lowest BCUT2D eigenvalue weighted by Crippen LogP contribution is -2.32. The highest BCUT2D eigenvalue weighted by atomic mass is 32.2. The van der Waals surface area contributed by atoms with Gasteiger partial charge >= 0.3 is 0 Å². The number of carbonyl (C=O) groups excluding carboxylic acids is 2. The van der Waals surface area contributed by atoms with Crippen LogP contribution in [0.4, 0.5) is 5.69 Å². The minimum atomic E-state index is -0.220. The van der Waals surface area contributed by atoms with Crippen LogP contribution in [0.3, 0.4) is 0 Å². The van der Waals surface area contributed by atoms with E-state index in [0.29, 0.717) is 24.3 Å². The van der Waals surface area contributed by atoms with Gasteiger partial charge in [0.15, 0.2) is 0 Å². The molecule has 5 nitrogen and oxygen atoms in total. The molecule has 0 aromatic heterocycles. The van der Waals surface area contributed by atoms with E-state index < -0.39 is 0 Å². The fourth-order valence-electron chi connectivity index (χ4n) is 1.92. The van der Waals surface area contributed by atoms with E-state index in [1.165, 1.54) is 0 Å². The Morgan fingerprint density at radius 1 is 1.29 bits per heavy atom. The number of hydrogen-bond donors (Lipinski definition) is 3. The van der Waals surface area contributed by atoms with Gasteiger partial charge in [-0.05, 0) is 12.1 Å². The summed E-state index contributed by atoms with van der Waals surface area (Å²) in [6.07, 6.45) is 0. The van der Waals surface area contributed by atoms with Crippen molar-refractivity contribution in [3.63, 3.8) is 0 Å². The number of amides is 2. The number of nitrogens with one attached hydrogen (secondary N) is 2. The van der Waals surface area contributed by atoms with E-state index in [1.807, 2.05) is 0 Å². The SMILES string of the molecule is NCCNC(=O)c1ccccc1NC(=O)C1CSCCS1. The molecule has 0 spiro atoms. The Morgan fingerprint density at radius 3 is 2.81 bits per heavy atom. The molecular formula is C14H19N3O2S2. The van der Waals surface area contributed by atoms with Gasteiger partial charge in [-0.25, -0.2) is 0 Å². The first-order chi connectivity index (χ1) is 10.2. The normalized spacial score (nSPS) is 18.0. The molecule has 1 aromatic carbocycles. The van der Waals surface area contributed by atoms with Crippen LogP contribution in [0, 0.1) is 0 Å². The molecule has 1 aromatic rings. The first kappa shape index (κ1) is 16.2. The third kappa shape index (κ3) is 4.66. The third-order valence-electron chi connectivity index (χ3n) is 2.97. The zero-order chi connectivity index (χ0) is 15.1. The number of anilines is 1. The second-order valence-corrected chi connectivity index (χ2v) is 6.97. The molecule has 114 valence electrons. The van der Waals surface area contributed by atoms with Crippen molar-refractivity contribution in [3.05, 3.63) is 29.8 Å². The van der Waals surface area contributed by atoms with E-state index in [2.05, 4.69) is 10.6 Å². The van der Waals surface area contributed by atoms with Gasteiger partial charge in [0.05, 0.1) is 16.5 Å². The summed E-state index contributed by atoms with van der Waals surface area (Å²) in [6.45, 7) is 0.798. The van der Waals surface area contributed by atoms with Crippen LogP contribution in [-0.4, -0.2) is 47.4 Å². The summed E-state index contributed by atoms with van der Waals surface area (Å²) in [6, 6.07) is 7.02. The number of para-hydroxylation sites is 1. The predicted octanol–water partition coefficient (Wildman–Crippen LogP) is 1.16. The summed E-state index contributed by atoms with van der Waals surface area (Å²) in [4.78, 5) is 24.3. The maximum Gasteiger partial charge on any atom is 0.253 e. The fourth-order valence-corrected chi connectivity index (χ4v) is 4.48. The molecule has 0 aliphatic carbocycles. The van der Waals surface area contributed by atoms with Crippen molar-refractivity contribution >= 4 is 41.0 Å². The van der Waals surface area contributed by atoms with Crippen molar-refractivity contribution in [2.45, 2.75) is 5.25 Å². The molecule has 1 saturated heterocycles. The van der Waals surface area contributed by atoms with Gasteiger partial charge in [-0.1, -0.05) is 12.1 Å². The first-order valence-corrected chi connectivity index (χ1v) is 9.00. The molecule has 7 heteroatoms. The number of thioether (sulfide) groups is 2. The van der Waals surface area contributed by atoms with Crippen LogP contribution in [0.5, 0.6) is 0 Å². The molecule has 1 atom stereocenters. The highest BCUT2D eigenvalue weighted by Crippen LogP contribution is 2.25. The number of hydrogen-bond acceptors (Lipinski definition) is 5. The predicted molar refractivity (Wildman–Crippen MR) is 90.0 cm³/mol. The maximum absolute atomic E-state index is 12.3. The van der Waals surface area contributed by atoms with E-state index in [1.54, 1.807) is 47.8 Å². The minimum Gasteiger partial charge on any atom is -0.351 e. The van der Waals surface area contributed by atoms with Crippen LogP contribution in [0.1, 0.15) is 10.4 Å². The summed E-state index contributed by atoms with van der Waals surface area (Å²) in [7, 11) is 0. The third-order valence-corrected chi connectivity index (χ3v) is 5.72. The Bertz CT molecular complexity index is 505. The van der Waals surface area contributed by atoms with Crippen molar-refractivity contribution < 1.29 is 9.59 Å². The number of rotatable bonds is 5. The number of benzene rings is 1. The highest BCUT2D eigenvalue weighted by molar-refractivity contribution is 8.07. The van der Waals surface area contributed by atoms with E-state index in [9.17, 15) is 9.59 Å². The molecular weight excluding hydrogens is 306 g/mol. The lowest BCUT2D eigenvalue weighted by atomic mass is 10.1. The zero-order valence-corrected chi connectivity index (χ0v) is 13.3. The van der Waals surface area contributed by atoms with Gasteiger partial charge in [0.2, 0.25) is 5.91 Å². The van der Waals surface area contributed by atoms with Crippen LogP contribution in [0.15, 0.2) is 24.3 Å². The average Bonchev–Trinajstić information content (AvgIpc) is 2.54. The van der Waals surface area contributed by atoms with E-state index in [0.717, 1.165) is 17.3 Å². The lowest BCUT2D eigenvalue weighted by Gasteiger charge is -2.20. The molecule has 1 unspecified atom stereocenters. The van der Waals surface area contributed by atoms with Crippen LogP contribution in [0.2, 0.25) is 0 Å². The summed E-state index contributed by atoms with van der Waals surface area (Å²) in [5.74, 6) is 2.64. The van der Waals surface area contributed by atoms with Gasteiger partial charge in [0.25, 0.3) is 5.91 Å². The monoisotopic (exact) mass is 325 g/mol. The van der Waals surface area contributed by atoms with Crippen LogP contribution < -0.4 is 16.4 Å². The van der Waals surface area contributed by atoms with Crippen molar-refractivity contribution in [1.82, 2.24) is 5.32 Å². The Balaban J connectivity index is 2.05. The molecule has 4 N–H and O–H groups in total. The molecule has 1 heterocycles. The maximum atomic E-state index is 12.3. The van der Waals surface area contributed by atoms with Gasteiger partial charge in [-0.2, -0.15) is 11.8 Å². The minimum absolute atomic E-state index is 0.0359. The van der Waals surface area contributed by atoms with Crippen molar-refractivity contribution in [1.29, 1.82) is 0 Å². The van der Waals surface area contributed by atoms with Crippen molar-refractivity contribution in [3.8, 4) is 0 Å². The standard InChI is InChI=1S/C14H19N3O2S2/c15-5-6-16-13(18)10-3-1-2-4-11(10)17-14(19)12-9-20-7-8-21-12/h1-4,12H,5-9,15H2,(H,16,18)(H,17,19). The molecule has 1 aliphatic heterocycles. The van der Waals surface area contributed by atoms with Gasteiger partial charge in [-0.15, -0.1) is 11.8 Å². The zero-order valence-electron chi connectivity index (χ0n) is 11.6. The van der Waals surface area contributed by atoms with Crippen molar-refractivity contribution in [2.75, 3.05) is 35.7 Å². The number of nitrogens with two attached hydrogens (primary N) is 1. The van der Waals surface area contributed by atoms with Crippen molar-refractivity contribution in [2.24, 2.45) is 5.73 Å². The van der Waals surface area contributed by atoms with E-state index >= 15 is 0 Å². The summed E-state index contributed by atoms with van der Waals surface area (Å²) < 4.78 is 0. The van der Waals surface area contributed by atoms with E-state index in [-0.39, 0.29) is 17.1 Å². The van der Waals surface area contributed by atoms with Gasteiger partial charge in [0, 0.05) is 30.3 Å². The van der Waals surface area contributed by atoms with Crippen LogP contribution in [0.25, 0.3) is 0 Å². The fraction of sp³-hybridized carbons (Fsp3) is 0.429. The Labute approximate surface area is 132 Å². The topological polar surface area (TPSA) is 84.2 Å². The Kier molecular flexibility index (Phi) is 6.41. The van der Waals surface area contributed by atoms with Crippen LogP contribution in [-0.2, 0) is 4.79 Å². The summed E-state index contributed by atoms with van der Waals surface area (Å²) in [5.41, 5.74) is 6.40. The number of carbonyl (C=O) groups is 2. The smallest absolute Gasteiger partial charge is 0.253 e. The molecule has 0 bridgehead atoms. The van der Waals surface area contributed by atoms with Gasteiger partial charge in [-0.3, -0.25) is 9.59 Å². The molecule has 2 amide bonds. The second kappa shape index (κ2) is 8.31. The Morgan fingerprint density at radius 2 is 2.10 bits per heavy atom. The highest BCUT2D eigenvalue weighted by Gasteiger charge is 2.23. The van der Waals surface area contributed by atoms with E-state index in [4.69, 9.17) is 5.73 Å². The summed E-state index contributed by atoms with van der Waals surface area (Å²) >= 11 is 3.46. The first-order valence-electron chi connectivity index (χ1n) is 6.80. The van der Waals surface area contributed by atoms with Gasteiger partial charge in [0.1, 0.15) is 0 Å². The van der Waals surface area contributed by atoms with Gasteiger partial charge < -0.3 is 16.4 Å².